The van der Waals surface area contributed by atoms with Gasteiger partial charge in [-0.1, -0.05) is 36.7 Å². The zero-order valence-electron chi connectivity index (χ0n) is 14.8. The van der Waals surface area contributed by atoms with Gasteiger partial charge in [0.15, 0.2) is 0 Å². The highest BCUT2D eigenvalue weighted by Gasteiger charge is 2.40. The molecular weight excluding hydrogens is 356 g/mol. The Kier molecular flexibility index (Phi) is 5.95. The van der Waals surface area contributed by atoms with Gasteiger partial charge in [0.1, 0.15) is 5.37 Å². The molecule has 0 aliphatic carbocycles. The van der Waals surface area contributed by atoms with E-state index in [1.807, 2.05) is 47.9 Å². The lowest BCUT2D eigenvalue weighted by atomic mass is 9.95. The van der Waals surface area contributed by atoms with Crippen molar-refractivity contribution in [2.24, 2.45) is 5.92 Å². The smallest absolute Gasteiger partial charge is 0.236 e. The number of hydrogen-bond donors (Lipinski definition) is 0. The molecule has 0 N–H and O–H groups in total. The predicted octanol–water partition coefficient (Wildman–Crippen LogP) is 3.95. The summed E-state index contributed by atoms with van der Waals surface area (Å²) in [4.78, 5) is 28.5. The molecular formula is C19H25ClN2O2S. The standard InChI is InChI=1S/C19H25ClN2O2S/c1-3-17(23)21-10-8-14(9-11-21)12-22-18(24)13(2)25-19(22)15-6-4-5-7-16(15)20/h4-7,13-14,19H,3,8-12H2,1-2H3/t13-,19-/m0/s1. The second kappa shape index (κ2) is 8.00. The highest BCUT2D eigenvalue weighted by molar-refractivity contribution is 8.01. The molecule has 2 fully saturated rings. The number of carbonyl (C=O) groups excluding carboxylic acids is 2. The van der Waals surface area contributed by atoms with E-state index < -0.39 is 0 Å². The number of benzene rings is 1. The van der Waals surface area contributed by atoms with E-state index in [1.54, 1.807) is 11.8 Å². The molecule has 0 spiro atoms. The summed E-state index contributed by atoms with van der Waals surface area (Å²) in [6.07, 6.45) is 2.49. The molecule has 0 aromatic heterocycles. The first-order valence-corrected chi connectivity index (χ1v) is 10.3. The van der Waals surface area contributed by atoms with Crippen molar-refractivity contribution in [1.82, 2.24) is 9.80 Å². The Hall–Kier alpha value is -1.20. The van der Waals surface area contributed by atoms with E-state index in [2.05, 4.69) is 0 Å². The van der Waals surface area contributed by atoms with Crippen LogP contribution in [0, 0.1) is 5.92 Å². The lowest BCUT2D eigenvalue weighted by Crippen LogP contribution is -2.42. The van der Waals surface area contributed by atoms with Crippen LogP contribution in [0.2, 0.25) is 5.02 Å². The number of rotatable bonds is 4. The Morgan fingerprint density at radius 3 is 2.60 bits per heavy atom. The molecule has 2 aliphatic rings. The molecule has 0 saturated carbocycles. The lowest BCUT2D eigenvalue weighted by Gasteiger charge is -2.35. The van der Waals surface area contributed by atoms with Gasteiger partial charge in [-0.25, -0.2) is 0 Å². The first kappa shape index (κ1) is 18.6. The van der Waals surface area contributed by atoms with Crippen molar-refractivity contribution in [3.8, 4) is 0 Å². The lowest BCUT2D eigenvalue weighted by molar-refractivity contribution is -0.134. The highest BCUT2D eigenvalue weighted by atomic mass is 35.5. The number of carbonyl (C=O) groups is 2. The van der Waals surface area contributed by atoms with Crippen LogP contribution >= 0.6 is 23.4 Å². The van der Waals surface area contributed by atoms with Crippen LogP contribution in [0.3, 0.4) is 0 Å². The van der Waals surface area contributed by atoms with Gasteiger partial charge in [0.2, 0.25) is 11.8 Å². The van der Waals surface area contributed by atoms with Gasteiger partial charge in [-0.05, 0) is 31.7 Å². The van der Waals surface area contributed by atoms with Crippen molar-refractivity contribution in [1.29, 1.82) is 0 Å². The van der Waals surface area contributed by atoms with Gasteiger partial charge in [-0.2, -0.15) is 0 Å². The maximum Gasteiger partial charge on any atom is 0.236 e. The summed E-state index contributed by atoms with van der Waals surface area (Å²) in [7, 11) is 0. The monoisotopic (exact) mass is 380 g/mol. The quantitative estimate of drug-likeness (QED) is 0.794. The number of hydrogen-bond acceptors (Lipinski definition) is 3. The summed E-state index contributed by atoms with van der Waals surface area (Å²) < 4.78 is 0. The number of piperidine rings is 1. The fourth-order valence-corrected chi connectivity index (χ4v) is 5.27. The number of amides is 2. The summed E-state index contributed by atoms with van der Waals surface area (Å²) in [5.41, 5.74) is 1.02. The van der Waals surface area contributed by atoms with Gasteiger partial charge in [-0.15, -0.1) is 11.8 Å². The summed E-state index contributed by atoms with van der Waals surface area (Å²) in [6.45, 7) is 6.24. The van der Waals surface area contributed by atoms with Gasteiger partial charge >= 0.3 is 0 Å². The van der Waals surface area contributed by atoms with Crippen molar-refractivity contribution >= 4 is 35.2 Å². The van der Waals surface area contributed by atoms with Crippen LogP contribution in [0.25, 0.3) is 0 Å². The molecule has 2 amide bonds. The Balaban J connectivity index is 1.69. The molecule has 2 saturated heterocycles. The van der Waals surface area contributed by atoms with E-state index in [1.165, 1.54) is 0 Å². The van der Waals surface area contributed by atoms with Crippen LogP contribution in [-0.4, -0.2) is 46.5 Å². The summed E-state index contributed by atoms with van der Waals surface area (Å²) in [5, 5.41) is 0.671. The molecule has 0 bridgehead atoms. The average Bonchev–Trinajstić information content (AvgIpc) is 2.90. The summed E-state index contributed by atoms with van der Waals surface area (Å²) in [6, 6.07) is 7.79. The molecule has 0 unspecified atom stereocenters. The Morgan fingerprint density at radius 1 is 1.28 bits per heavy atom. The van der Waals surface area contributed by atoms with E-state index in [0.717, 1.165) is 43.1 Å². The van der Waals surface area contributed by atoms with Crippen LogP contribution in [0.4, 0.5) is 0 Å². The number of halogens is 1. The first-order valence-electron chi connectivity index (χ1n) is 8.99. The highest BCUT2D eigenvalue weighted by Crippen LogP contribution is 2.45. The van der Waals surface area contributed by atoms with Gasteiger partial charge in [0, 0.05) is 36.6 Å². The topological polar surface area (TPSA) is 40.6 Å². The third kappa shape index (κ3) is 3.98. The maximum absolute atomic E-state index is 12.7. The zero-order chi connectivity index (χ0) is 18.0. The molecule has 2 aliphatic heterocycles. The Labute approximate surface area is 158 Å². The second-order valence-electron chi connectivity index (χ2n) is 6.82. The van der Waals surface area contributed by atoms with Crippen molar-refractivity contribution in [2.75, 3.05) is 19.6 Å². The van der Waals surface area contributed by atoms with Crippen molar-refractivity contribution in [3.05, 3.63) is 34.9 Å². The number of likely N-dealkylation sites (tertiary alicyclic amines) is 1. The average molecular weight is 381 g/mol. The second-order valence-corrected chi connectivity index (χ2v) is 8.65. The SMILES string of the molecule is CCC(=O)N1CCC(CN2C(=O)[C@H](C)S[C@H]2c2ccccc2Cl)CC1. The summed E-state index contributed by atoms with van der Waals surface area (Å²) in [5.74, 6) is 0.872. The molecule has 1 aromatic rings. The van der Waals surface area contributed by atoms with E-state index >= 15 is 0 Å². The molecule has 2 heterocycles. The minimum atomic E-state index is -0.0389. The third-order valence-electron chi connectivity index (χ3n) is 5.14. The van der Waals surface area contributed by atoms with Crippen LogP contribution in [-0.2, 0) is 9.59 Å². The van der Waals surface area contributed by atoms with Crippen molar-refractivity contribution in [2.45, 2.75) is 43.7 Å². The number of nitrogens with zero attached hydrogens (tertiary/aromatic N) is 2. The molecule has 25 heavy (non-hydrogen) atoms. The maximum atomic E-state index is 12.7. The summed E-state index contributed by atoms with van der Waals surface area (Å²) >= 11 is 8.06. The van der Waals surface area contributed by atoms with E-state index in [-0.39, 0.29) is 22.4 Å². The van der Waals surface area contributed by atoms with Gasteiger partial charge in [0.05, 0.1) is 5.25 Å². The van der Waals surface area contributed by atoms with Crippen LogP contribution < -0.4 is 0 Å². The molecule has 1 aromatic carbocycles. The van der Waals surface area contributed by atoms with E-state index in [0.29, 0.717) is 12.3 Å². The van der Waals surface area contributed by atoms with Gasteiger partial charge < -0.3 is 9.80 Å². The van der Waals surface area contributed by atoms with Crippen LogP contribution in [0.1, 0.15) is 44.0 Å². The fourth-order valence-electron chi connectivity index (χ4n) is 3.64. The van der Waals surface area contributed by atoms with E-state index in [4.69, 9.17) is 11.6 Å². The van der Waals surface area contributed by atoms with E-state index in [9.17, 15) is 9.59 Å². The zero-order valence-corrected chi connectivity index (χ0v) is 16.4. The molecule has 0 radical (unpaired) electrons. The predicted molar refractivity (Wildman–Crippen MR) is 103 cm³/mol. The van der Waals surface area contributed by atoms with Crippen LogP contribution in [0.15, 0.2) is 24.3 Å². The molecule has 6 heteroatoms. The van der Waals surface area contributed by atoms with Crippen LogP contribution in [0.5, 0.6) is 0 Å². The minimum Gasteiger partial charge on any atom is -0.343 e. The van der Waals surface area contributed by atoms with Gasteiger partial charge in [-0.3, -0.25) is 9.59 Å². The minimum absolute atomic E-state index is 0.00787. The fraction of sp³-hybridized carbons (Fsp3) is 0.579. The molecule has 4 nitrogen and oxygen atoms in total. The van der Waals surface area contributed by atoms with Gasteiger partial charge in [0.25, 0.3) is 0 Å². The van der Waals surface area contributed by atoms with Crippen molar-refractivity contribution in [3.63, 3.8) is 0 Å². The third-order valence-corrected chi connectivity index (χ3v) is 6.86. The molecule has 2 atom stereocenters. The Bertz CT molecular complexity index is 646. The Morgan fingerprint density at radius 2 is 1.96 bits per heavy atom. The largest absolute Gasteiger partial charge is 0.343 e. The normalized spacial score (nSPS) is 24.8. The molecule has 3 rings (SSSR count). The molecule has 136 valence electrons. The number of thioether (sulfide) groups is 1. The van der Waals surface area contributed by atoms with Crippen molar-refractivity contribution < 1.29 is 9.59 Å². The first-order chi connectivity index (χ1) is 12.0.